The van der Waals surface area contributed by atoms with Gasteiger partial charge in [-0.1, -0.05) is 26.0 Å². The fourth-order valence-corrected chi connectivity index (χ4v) is 7.31. The Morgan fingerprint density at radius 1 is 1.18 bits per heavy atom. The summed E-state index contributed by atoms with van der Waals surface area (Å²) in [6, 6.07) is 9.21. The molecule has 0 saturated carbocycles. The van der Waals surface area contributed by atoms with Gasteiger partial charge in [-0.3, -0.25) is 14.8 Å². The Morgan fingerprint density at radius 3 is 2.65 bits per heavy atom. The number of likely N-dealkylation sites (N-methyl/N-ethyl adjacent to an activating group) is 1. The lowest BCUT2D eigenvalue weighted by Gasteiger charge is -2.35. The first-order chi connectivity index (χ1) is 23.7. The number of hydrogen-bond acceptors (Lipinski definition) is 8. The summed E-state index contributed by atoms with van der Waals surface area (Å²) in [6.45, 7) is 10.8. The number of hydrogen-bond donors (Lipinski definition) is 1. The van der Waals surface area contributed by atoms with Crippen LogP contribution in [0.25, 0.3) is 22.0 Å². The van der Waals surface area contributed by atoms with Crippen molar-refractivity contribution in [1.29, 1.82) is 0 Å². The summed E-state index contributed by atoms with van der Waals surface area (Å²) in [4.78, 5) is 27.1. The van der Waals surface area contributed by atoms with Gasteiger partial charge in [-0.2, -0.15) is 5.10 Å². The van der Waals surface area contributed by atoms with Crippen LogP contribution in [0.3, 0.4) is 0 Å². The first-order valence-electron chi connectivity index (χ1n) is 16.8. The van der Waals surface area contributed by atoms with Crippen molar-refractivity contribution < 1.29 is 18.3 Å². The largest absolute Gasteiger partial charge is 0.373 e. The second-order valence-corrected chi connectivity index (χ2v) is 13.5. The molecule has 0 spiro atoms. The van der Waals surface area contributed by atoms with Gasteiger partial charge in [0.15, 0.2) is 11.2 Å². The zero-order valence-corrected chi connectivity index (χ0v) is 29.7. The van der Waals surface area contributed by atoms with E-state index in [0.29, 0.717) is 39.6 Å². The van der Waals surface area contributed by atoms with Crippen molar-refractivity contribution in [2.75, 3.05) is 50.6 Å². The maximum Gasteiger partial charge on any atom is 0.257 e. The van der Waals surface area contributed by atoms with Gasteiger partial charge in [-0.15, -0.1) is 11.3 Å². The van der Waals surface area contributed by atoms with Crippen molar-refractivity contribution in [3.05, 3.63) is 76.9 Å². The second kappa shape index (κ2) is 14.7. The number of halogens is 2. The fraction of sp³-hybridized carbons (Fsp3) is 0.444. The number of thiazole rings is 1. The minimum Gasteiger partial charge on any atom is -0.373 e. The van der Waals surface area contributed by atoms with Gasteiger partial charge < -0.3 is 19.1 Å². The number of benzene rings is 2. The lowest BCUT2D eigenvalue weighted by atomic mass is 9.93. The van der Waals surface area contributed by atoms with Crippen LogP contribution in [0.15, 0.2) is 54.4 Å². The van der Waals surface area contributed by atoms with Gasteiger partial charge in [0, 0.05) is 60.6 Å². The molecule has 13 heteroatoms. The molecule has 260 valence electrons. The third kappa shape index (κ3) is 7.10. The van der Waals surface area contributed by atoms with Crippen LogP contribution in [0.4, 0.5) is 19.6 Å². The first-order valence-corrected chi connectivity index (χ1v) is 17.7. The molecule has 0 radical (unpaired) electrons. The summed E-state index contributed by atoms with van der Waals surface area (Å²) in [5.41, 5.74) is 5.94. The average Bonchev–Trinajstić information content (AvgIpc) is 3.89. The van der Waals surface area contributed by atoms with E-state index in [4.69, 9.17) is 9.84 Å². The highest BCUT2D eigenvalue weighted by Gasteiger charge is 2.35. The van der Waals surface area contributed by atoms with E-state index in [0.717, 1.165) is 42.0 Å². The van der Waals surface area contributed by atoms with Crippen LogP contribution in [0, 0.1) is 6.92 Å². The molecule has 49 heavy (non-hydrogen) atoms. The van der Waals surface area contributed by atoms with Gasteiger partial charge >= 0.3 is 0 Å². The summed E-state index contributed by atoms with van der Waals surface area (Å²) < 4.78 is 39.0. The molecule has 1 saturated heterocycles. The Hall–Kier alpha value is -4.20. The van der Waals surface area contributed by atoms with Gasteiger partial charge in [0.2, 0.25) is 0 Å². The number of carbonyl (C=O) groups is 1. The molecule has 3 aromatic heterocycles. The van der Waals surface area contributed by atoms with E-state index in [2.05, 4.69) is 49.4 Å². The molecule has 2 aliphatic heterocycles. The Bertz CT molecular complexity index is 1890. The SMILES string of the molecule is CC.Cc1c(-c2ccc(N3CCOC(CN(C)C)C3)cc2)cc(C(C)F)c2cn(C(C(=O)Nc3nccs3)c3ncn4c3C[C@@H](F)C4)nc12. The number of ether oxygens (including phenoxy) is 1. The Kier molecular flexibility index (Phi) is 10.4. The molecule has 5 aromatic rings. The Morgan fingerprint density at radius 2 is 1.96 bits per heavy atom. The Labute approximate surface area is 289 Å². The zero-order chi connectivity index (χ0) is 34.8. The molecule has 1 amide bonds. The number of amides is 1. The smallest absolute Gasteiger partial charge is 0.257 e. The van der Waals surface area contributed by atoms with Gasteiger partial charge in [0.25, 0.3) is 5.91 Å². The molecule has 7 rings (SSSR count). The van der Waals surface area contributed by atoms with Crippen molar-refractivity contribution in [3.63, 3.8) is 0 Å². The van der Waals surface area contributed by atoms with E-state index in [9.17, 15) is 9.18 Å². The molecule has 0 bridgehead atoms. The minimum atomic E-state index is -1.29. The van der Waals surface area contributed by atoms with Crippen LogP contribution in [-0.4, -0.2) is 87.7 Å². The van der Waals surface area contributed by atoms with E-state index in [1.807, 2.05) is 40.9 Å². The topological polar surface area (TPSA) is 93.3 Å². The van der Waals surface area contributed by atoms with Gasteiger partial charge in [-0.25, -0.2) is 18.7 Å². The minimum absolute atomic E-state index is 0.140. The van der Waals surface area contributed by atoms with Gasteiger partial charge in [0.05, 0.1) is 36.8 Å². The van der Waals surface area contributed by atoms with E-state index in [1.165, 1.54) is 22.9 Å². The summed E-state index contributed by atoms with van der Waals surface area (Å²) in [5, 5.41) is 10.6. The summed E-state index contributed by atoms with van der Waals surface area (Å²) in [6.07, 6.45) is 2.84. The average molecular weight is 691 g/mol. The number of aryl methyl sites for hydroxylation is 1. The number of nitrogens with one attached hydrogen (secondary N) is 1. The van der Waals surface area contributed by atoms with Crippen LogP contribution in [0.5, 0.6) is 0 Å². The first kappa shape index (κ1) is 34.7. The molecular weight excluding hydrogens is 647 g/mol. The lowest BCUT2D eigenvalue weighted by molar-refractivity contribution is -0.118. The van der Waals surface area contributed by atoms with Crippen LogP contribution >= 0.6 is 11.3 Å². The Balaban J connectivity index is 0.00000205. The number of alkyl halides is 2. The molecule has 2 aromatic carbocycles. The normalized spacial score (nSPS) is 18.7. The van der Waals surface area contributed by atoms with Gasteiger partial charge in [0.1, 0.15) is 12.3 Å². The van der Waals surface area contributed by atoms with Crippen molar-refractivity contribution in [2.24, 2.45) is 0 Å². The molecular formula is C36H44F2N8O2S. The molecule has 0 aliphatic carbocycles. The lowest BCUT2D eigenvalue weighted by Crippen LogP contribution is -2.46. The van der Waals surface area contributed by atoms with Crippen LogP contribution in [0.2, 0.25) is 0 Å². The number of aromatic nitrogens is 5. The third-order valence-electron chi connectivity index (χ3n) is 9.00. The van der Waals surface area contributed by atoms with Crippen molar-refractivity contribution in [1.82, 2.24) is 29.2 Å². The third-order valence-corrected chi connectivity index (χ3v) is 9.69. The van der Waals surface area contributed by atoms with Crippen molar-refractivity contribution >= 4 is 39.0 Å². The maximum absolute atomic E-state index is 15.3. The number of anilines is 2. The molecule has 4 atom stereocenters. The molecule has 2 aliphatic rings. The van der Waals surface area contributed by atoms with E-state index < -0.39 is 24.3 Å². The molecule has 5 heterocycles. The summed E-state index contributed by atoms with van der Waals surface area (Å²) >= 11 is 1.29. The number of nitrogens with zero attached hydrogens (tertiary/aromatic N) is 7. The highest BCUT2D eigenvalue weighted by atomic mass is 32.1. The molecule has 1 N–H and O–H groups in total. The summed E-state index contributed by atoms with van der Waals surface area (Å²) in [5.74, 6) is -0.407. The summed E-state index contributed by atoms with van der Waals surface area (Å²) in [7, 11) is 4.10. The fourth-order valence-electron chi connectivity index (χ4n) is 6.78. The van der Waals surface area contributed by atoms with Crippen LogP contribution in [0.1, 0.15) is 55.5 Å². The van der Waals surface area contributed by atoms with E-state index >= 15 is 4.39 Å². The zero-order valence-electron chi connectivity index (χ0n) is 28.9. The molecule has 10 nitrogen and oxygen atoms in total. The van der Waals surface area contributed by atoms with Gasteiger partial charge in [-0.05, 0) is 68.4 Å². The highest BCUT2D eigenvalue weighted by Crippen LogP contribution is 2.38. The number of fused-ring (bicyclic) bond motifs is 2. The van der Waals surface area contributed by atoms with E-state index in [-0.39, 0.29) is 19.1 Å². The second-order valence-electron chi connectivity index (χ2n) is 12.6. The predicted molar refractivity (Wildman–Crippen MR) is 191 cm³/mol. The number of imidazole rings is 1. The standard InChI is InChI=1S/C34H38F2N8O2S.C2H6/c1-20-26(22-5-7-24(8-6-22)42-10-11-46-25(17-42)16-41(3)4)14-27(21(2)35)28-18-44(40-30(20)28)32(33(45)39-34-37-9-12-47-34)31-29-13-23(36)15-43(29)19-38-31;1-2/h5-9,12,14,18-19,21,23,25,32H,10-11,13,15-17H2,1-4H3,(H,37,39,45);1-2H3/t21?,23-,25?,32?;/m1./s1. The predicted octanol–water partition coefficient (Wildman–Crippen LogP) is 6.61. The quantitative estimate of drug-likeness (QED) is 0.186. The van der Waals surface area contributed by atoms with Crippen LogP contribution in [-0.2, 0) is 22.5 Å². The van der Waals surface area contributed by atoms with Crippen molar-refractivity contribution in [2.45, 2.75) is 65.1 Å². The van der Waals surface area contributed by atoms with Crippen molar-refractivity contribution in [3.8, 4) is 11.1 Å². The number of carbonyl (C=O) groups excluding carboxylic acids is 1. The molecule has 3 unspecified atom stereocenters. The number of rotatable bonds is 9. The maximum atomic E-state index is 15.3. The molecule has 1 fully saturated rings. The number of morpholine rings is 1. The van der Waals surface area contributed by atoms with E-state index in [1.54, 1.807) is 28.7 Å². The highest BCUT2D eigenvalue weighted by molar-refractivity contribution is 7.13. The monoisotopic (exact) mass is 690 g/mol. The van der Waals surface area contributed by atoms with Crippen LogP contribution < -0.4 is 10.2 Å².